The van der Waals surface area contributed by atoms with Gasteiger partial charge in [-0.2, -0.15) is 4.98 Å². The molecule has 1 amide bonds. The lowest BCUT2D eigenvalue weighted by atomic mass is 10.2. The lowest BCUT2D eigenvalue weighted by Gasteiger charge is -2.35. The maximum absolute atomic E-state index is 12.5. The molecule has 0 unspecified atom stereocenters. The fourth-order valence-electron chi connectivity index (χ4n) is 3.47. The number of benzene rings is 2. The molecule has 0 atom stereocenters. The normalized spacial score (nSPS) is 13.7. The molecule has 0 bridgehead atoms. The van der Waals surface area contributed by atoms with Crippen LogP contribution in [0.3, 0.4) is 0 Å². The van der Waals surface area contributed by atoms with Gasteiger partial charge in [-0.25, -0.2) is 4.98 Å². The van der Waals surface area contributed by atoms with Crippen molar-refractivity contribution >= 4 is 23.4 Å². The first-order valence-electron chi connectivity index (χ1n) is 10.5. The van der Waals surface area contributed by atoms with Crippen LogP contribution in [0.2, 0.25) is 0 Å². The Bertz CT molecular complexity index is 1020. The molecule has 0 radical (unpaired) electrons. The Morgan fingerprint density at radius 2 is 1.68 bits per heavy atom. The summed E-state index contributed by atoms with van der Waals surface area (Å²) in [5.74, 6) is 2.16. The molecule has 0 spiro atoms. The first-order valence-corrected chi connectivity index (χ1v) is 10.5. The van der Waals surface area contributed by atoms with E-state index in [1.807, 2.05) is 60.4 Å². The zero-order valence-corrected chi connectivity index (χ0v) is 17.9. The standard InChI is InChI=1S/C24H27N5O2/c1-18-8-10-20(11-9-18)26-24-25-19(2)16-22(27-24)28-12-14-29(15-13-28)23(30)17-31-21-6-4-3-5-7-21/h3-11,16H,12-15,17H2,1-2H3,(H,25,26,27). The van der Waals surface area contributed by atoms with E-state index < -0.39 is 0 Å². The predicted molar refractivity (Wildman–Crippen MR) is 122 cm³/mol. The van der Waals surface area contributed by atoms with Crippen LogP contribution in [-0.2, 0) is 4.79 Å². The minimum Gasteiger partial charge on any atom is -0.484 e. The van der Waals surface area contributed by atoms with E-state index >= 15 is 0 Å². The number of hydrogen-bond acceptors (Lipinski definition) is 6. The fraction of sp³-hybridized carbons (Fsp3) is 0.292. The molecule has 3 aromatic rings. The van der Waals surface area contributed by atoms with Crippen molar-refractivity contribution in [1.29, 1.82) is 0 Å². The molecule has 4 rings (SSSR count). The third-order valence-electron chi connectivity index (χ3n) is 5.21. The van der Waals surface area contributed by atoms with E-state index in [9.17, 15) is 4.79 Å². The Hall–Kier alpha value is -3.61. The molecule has 1 fully saturated rings. The van der Waals surface area contributed by atoms with Crippen LogP contribution in [0.25, 0.3) is 0 Å². The summed E-state index contributed by atoms with van der Waals surface area (Å²) in [5.41, 5.74) is 3.06. The second-order valence-electron chi connectivity index (χ2n) is 7.65. The molecule has 160 valence electrons. The van der Waals surface area contributed by atoms with E-state index in [4.69, 9.17) is 9.72 Å². The summed E-state index contributed by atoms with van der Waals surface area (Å²) in [7, 11) is 0. The molecular weight excluding hydrogens is 390 g/mol. The van der Waals surface area contributed by atoms with Gasteiger partial charge in [0.2, 0.25) is 5.95 Å². The molecule has 1 aromatic heterocycles. The molecule has 31 heavy (non-hydrogen) atoms. The molecule has 7 heteroatoms. The molecule has 0 aliphatic carbocycles. The number of aromatic nitrogens is 2. The van der Waals surface area contributed by atoms with Crippen LogP contribution in [0.5, 0.6) is 5.75 Å². The average Bonchev–Trinajstić information content (AvgIpc) is 2.79. The summed E-state index contributed by atoms with van der Waals surface area (Å²) in [5, 5.41) is 3.28. The molecule has 1 aliphatic heterocycles. The van der Waals surface area contributed by atoms with Gasteiger partial charge in [0, 0.05) is 43.6 Å². The van der Waals surface area contributed by atoms with Crippen molar-refractivity contribution in [2.24, 2.45) is 0 Å². The van der Waals surface area contributed by atoms with Crippen LogP contribution in [0, 0.1) is 13.8 Å². The average molecular weight is 418 g/mol. The number of para-hydroxylation sites is 1. The second kappa shape index (κ2) is 9.47. The quantitative estimate of drug-likeness (QED) is 0.661. The van der Waals surface area contributed by atoms with E-state index in [0.29, 0.717) is 24.8 Å². The SMILES string of the molecule is Cc1ccc(Nc2nc(C)cc(N3CCN(C(=O)COc4ccccc4)CC3)n2)cc1. The van der Waals surface area contributed by atoms with Gasteiger partial charge in [0.05, 0.1) is 0 Å². The predicted octanol–water partition coefficient (Wildman–Crippen LogP) is 3.56. The van der Waals surface area contributed by atoms with E-state index in [1.54, 1.807) is 0 Å². The number of hydrogen-bond donors (Lipinski definition) is 1. The maximum Gasteiger partial charge on any atom is 0.260 e. The molecule has 0 saturated carbocycles. The second-order valence-corrected chi connectivity index (χ2v) is 7.65. The van der Waals surface area contributed by atoms with Crippen molar-refractivity contribution in [2.75, 3.05) is 43.0 Å². The van der Waals surface area contributed by atoms with Crippen molar-refractivity contribution in [1.82, 2.24) is 14.9 Å². The van der Waals surface area contributed by atoms with E-state index in [1.165, 1.54) is 5.56 Å². The number of anilines is 3. The fourth-order valence-corrected chi connectivity index (χ4v) is 3.47. The monoisotopic (exact) mass is 417 g/mol. The third-order valence-corrected chi connectivity index (χ3v) is 5.21. The molecule has 2 heterocycles. The molecular formula is C24H27N5O2. The highest BCUT2D eigenvalue weighted by Gasteiger charge is 2.23. The van der Waals surface area contributed by atoms with Crippen molar-refractivity contribution in [3.05, 3.63) is 71.9 Å². The van der Waals surface area contributed by atoms with Crippen LogP contribution >= 0.6 is 0 Å². The van der Waals surface area contributed by atoms with Crippen molar-refractivity contribution in [2.45, 2.75) is 13.8 Å². The lowest BCUT2D eigenvalue weighted by Crippen LogP contribution is -2.50. The van der Waals surface area contributed by atoms with Gasteiger partial charge in [-0.1, -0.05) is 35.9 Å². The van der Waals surface area contributed by atoms with Gasteiger partial charge in [0.15, 0.2) is 6.61 Å². The van der Waals surface area contributed by atoms with Gasteiger partial charge >= 0.3 is 0 Å². The first kappa shape index (κ1) is 20.7. The molecule has 7 nitrogen and oxygen atoms in total. The number of piperazine rings is 1. The summed E-state index contributed by atoms with van der Waals surface area (Å²) >= 11 is 0. The number of nitrogens with zero attached hydrogens (tertiary/aromatic N) is 4. The molecule has 2 aromatic carbocycles. The van der Waals surface area contributed by atoms with Gasteiger partial charge in [0.25, 0.3) is 5.91 Å². The lowest BCUT2D eigenvalue weighted by molar-refractivity contribution is -0.133. The number of nitrogens with one attached hydrogen (secondary N) is 1. The number of carbonyl (C=O) groups excluding carboxylic acids is 1. The van der Waals surface area contributed by atoms with Gasteiger partial charge in [-0.3, -0.25) is 4.79 Å². The summed E-state index contributed by atoms with van der Waals surface area (Å²) in [6.07, 6.45) is 0. The van der Waals surface area contributed by atoms with Gasteiger partial charge in [0.1, 0.15) is 11.6 Å². The van der Waals surface area contributed by atoms with Crippen molar-refractivity contribution < 1.29 is 9.53 Å². The van der Waals surface area contributed by atoms with Gasteiger partial charge in [-0.05, 0) is 38.1 Å². The highest BCUT2D eigenvalue weighted by molar-refractivity contribution is 5.78. The van der Waals surface area contributed by atoms with E-state index in [-0.39, 0.29) is 12.5 Å². The van der Waals surface area contributed by atoms with E-state index in [0.717, 1.165) is 30.3 Å². The summed E-state index contributed by atoms with van der Waals surface area (Å²) in [6.45, 7) is 6.80. The molecule has 1 N–H and O–H groups in total. The first-order chi connectivity index (χ1) is 15.1. The van der Waals surface area contributed by atoms with Crippen LogP contribution in [0.15, 0.2) is 60.7 Å². The Balaban J connectivity index is 1.34. The Morgan fingerprint density at radius 1 is 0.968 bits per heavy atom. The van der Waals surface area contributed by atoms with Crippen LogP contribution < -0.4 is 15.0 Å². The summed E-state index contributed by atoms with van der Waals surface area (Å²) < 4.78 is 5.59. The number of aryl methyl sites for hydroxylation is 2. The van der Waals surface area contributed by atoms with Crippen molar-refractivity contribution in [3.63, 3.8) is 0 Å². The Morgan fingerprint density at radius 3 is 2.39 bits per heavy atom. The summed E-state index contributed by atoms with van der Waals surface area (Å²) in [4.78, 5) is 25.7. The minimum atomic E-state index is 0.00379. The number of amides is 1. The van der Waals surface area contributed by atoms with Gasteiger partial charge in [-0.15, -0.1) is 0 Å². The van der Waals surface area contributed by atoms with Crippen LogP contribution in [-0.4, -0.2) is 53.6 Å². The molecule has 1 aliphatic rings. The Labute approximate surface area is 182 Å². The number of carbonyl (C=O) groups is 1. The number of rotatable bonds is 6. The minimum absolute atomic E-state index is 0.00379. The Kier molecular flexibility index (Phi) is 6.31. The largest absolute Gasteiger partial charge is 0.484 e. The van der Waals surface area contributed by atoms with Crippen molar-refractivity contribution in [3.8, 4) is 5.75 Å². The van der Waals surface area contributed by atoms with Crippen LogP contribution in [0.1, 0.15) is 11.3 Å². The molecule has 1 saturated heterocycles. The summed E-state index contributed by atoms with van der Waals surface area (Å²) in [6, 6.07) is 19.5. The highest BCUT2D eigenvalue weighted by Crippen LogP contribution is 2.20. The van der Waals surface area contributed by atoms with Crippen LogP contribution in [0.4, 0.5) is 17.5 Å². The van der Waals surface area contributed by atoms with Gasteiger partial charge < -0.3 is 19.9 Å². The highest BCUT2D eigenvalue weighted by atomic mass is 16.5. The smallest absolute Gasteiger partial charge is 0.260 e. The number of ether oxygens (including phenoxy) is 1. The van der Waals surface area contributed by atoms with E-state index in [2.05, 4.69) is 34.3 Å². The third kappa shape index (κ3) is 5.51. The topological polar surface area (TPSA) is 70.6 Å². The zero-order valence-electron chi connectivity index (χ0n) is 17.9. The maximum atomic E-state index is 12.5. The zero-order chi connectivity index (χ0) is 21.6.